The number of aromatic nitrogens is 5. The Bertz CT molecular complexity index is 495. The van der Waals surface area contributed by atoms with E-state index in [0.29, 0.717) is 29.9 Å². The number of nitrogens with one attached hydrogen (secondary N) is 1. The second kappa shape index (κ2) is 5.02. The second-order valence-corrected chi connectivity index (χ2v) is 3.84. The van der Waals surface area contributed by atoms with Gasteiger partial charge >= 0.3 is 0 Å². The molecule has 0 saturated carbocycles. The molecule has 1 atom stereocenters. The van der Waals surface area contributed by atoms with E-state index in [1.54, 1.807) is 11.6 Å². The zero-order chi connectivity index (χ0) is 12.3. The molecule has 0 aliphatic carbocycles. The van der Waals surface area contributed by atoms with Gasteiger partial charge in [-0.05, 0) is 19.8 Å². The van der Waals surface area contributed by atoms with Gasteiger partial charge in [0.25, 0.3) is 0 Å². The van der Waals surface area contributed by atoms with E-state index in [4.69, 9.17) is 5.84 Å². The quantitative estimate of drug-likeness (QED) is 0.481. The first-order valence-electron chi connectivity index (χ1n) is 5.41. The molecular weight excluding hydrogens is 222 g/mol. The van der Waals surface area contributed by atoms with E-state index >= 15 is 0 Å². The molecule has 0 amide bonds. The first-order valence-corrected chi connectivity index (χ1v) is 5.41. The summed E-state index contributed by atoms with van der Waals surface area (Å²) < 4.78 is 1.68. The fourth-order valence-corrected chi connectivity index (χ4v) is 1.58. The summed E-state index contributed by atoms with van der Waals surface area (Å²) in [7, 11) is 0. The average Bonchev–Trinajstić information content (AvgIpc) is 2.72. The number of aliphatic hydroxyl groups excluding tert-OH is 1. The van der Waals surface area contributed by atoms with Crippen LogP contribution in [-0.2, 0) is 6.54 Å². The fraction of sp³-hybridized carbons (Fsp3) is 0.556. The van der Waals surface area contributed by atoms with Crippen molar-refractivity contribution in [2.45, 2.75) is 32.4 Å². The van der Waals surface area contributed by atoms with Gasteiger partial charge in [0, 0.05) is 6.54 Å². The molecular formula is C9H15N7O. The van der Waals surface area contributed by atoms with Crippen LogP contribution < -0.4 is 11.3 Å². The van der Waals surface area contributed by atoms with E-state index in [1.807, 2.05) is 0 Å². The number of hydrogen-bond acceptors (Lipinski definition) is 7. The van der Waals surface area contributed by atoms with Gasteiger partial charge in [-0.3, -0.25) is 0 Å². The molecule has 0 bridgehead atoms. The molecule has 8 nitrogen and oxygen atoms in total. The molecule has 0 fully saturated rings. The fourth-order valence-electron chi connectivity index (χ4n) is 1.58. The van der Waals surface area contributed by atoms with Gasteiger partial charge in [0.05, 0.1) is 6.10 Å². The van der Waals surface area contributed by atoms with E-state index in [9.17, 15) is 5.11 Å². The zero-order valence-electron chi connectivity index (χ0n) is 9.54. The number of aryl methyl sites for hydroxylation is 1. The zero-order valence-corrected chi connectivity index (χ0v) is 9.54. The Morgan fingerprint density at radius 3 is 3.06 bits per heavy atom. The van der Waals surface area contributed by atoms with Gasteiger partial charge in [0.15, 0.2) is 17.0 Å². The molecule has 2 aromatic rings. The van der Waals surface area contributed by atoms with Gasteiger partial charge in [0.1, 0.15) is 6.33 Å². The van der Waals surface area contributed by atoms with Crippen LogP contribution in [0, 0.1) is 0 Å². The lowest BCUT2D eigenvalue weighted by atomic mass is 10.2. The highest BCUT2D eigenvalue weighted by molar-refractivity contribution is 5.81. The van der Waals surface area contributed by atoms with E-state index < -0.39 is 0 Å². The van der Waals surface area contributed by atoms with Crippen molar-refractivity contribution in [3.63, 3.8) is 0 Å². The molecule has 0 aliphatic rings. The number of hydrazine groups is 1. The number of nitrogen functional groups attached to an aromatic ring is 1. The summed E-state index contributed by atoms with van der Waals surface area (Å²) in [6, 6.07) is 0. The van der Waals surface area contributed by atoms with E-state index in [2.05, 4.69) is 25.7 Å². The van der Waals surface area contributed by atoms with Gasteiger partial charge in [-0.25, -0.2) is 20.5 Å². The Morgan fingerprint density at radius 2 is 2.35 bits per heavy atom. The van der Waals surface area contributed by atoms with Crippen molar-refractivity contribution in [1.29, 1.82) is 0 Å². The predicted molar refractivity (Wildman–Crippen MR) is 61.8 cm³/mol. The van der Waals surface area contributed by atoms with Crippen LogP contribution in [0.15, 0.2) is 6.33 Å². The largest absolute Gasteiger partial charge is 0.393 e. The number of hydrogen-bond donors (Lipinski definition) is 3. The van der Waals surface area contributed by atoms with Crippen LogP contribution in [-0.4, -0.2) is 36.2 Å². The topological polar surface area (TPSA) is 115 Å². The minimum Gasteiger partial charge on any atom is -0.393 e. The van der Waals surface area contributed by atoms with Crippen molar-refractivity contribution in [1.82, 2.24) is 25.0 Å². The minimum absolute atomic E-state index is 0.305. The number of aliphatic hydroxyl groups is 1. The third kappa shape index (κ3) is 2.48. The molecule has 0 radical (unpaired) electrons. The molecule has 0 aliphatic heterocycles. The Kier molecular flexibility index (Phi) is 3.45. The smallest absolute Gasteiger partial charge is 0.183 e. The lowest BCUT2D eigenvalue weighted by molar-refractivity contribution is 0.179. The van der Waals surface area contributed by atoms with Gasteiger partial charge in [-0.15, -0.1) is 5.10 Å². The summed E-state index contributed by atoms with van der Waals surface area (Å²) in [6.07, 6.45) is 2.63. The summed E-state index contributed by atoms with van der Waals surface area (Å²) in [6.45, 7) is 2.42. The van der Waals surface area contributed by atoms with Crippen molar-refractivity contribution in [2.75, 3.05) is 5.43 Å². The summed E-state index contributed by atoms with van der Waals surface area (Å²) in [5, 5.41) is 17.1. The molecule has 2 heterocycles. The molecule has 0 aromatic carbocycles. The van der Waals surface area contributed by atoms with Crippen molar-refractivity contribution in [3.05, 3.63) is 6.33 Å². The highest BCUT2D eigenvalue weighted by Gasteiger charge is 2.10. The summed E-state index contributed by atoms with van der Waals surface area (Å²) in [4.78, 5) is 8.06. The van der Waals surface area contributed by atoms with Crippen LogP contribution in [0.4, 0.5) is 5.82 Å². The highest BCUT2D eigenvalue weighted by Crippen LogP contribution is 2.14. The first kappa shape index (κ1) is 11.7. The Balaban J connectivity index is 2.18. The normalized spacial score (nSPS) is 12.9. The first-order chi connectivity index (χ1) is 8.22. The van der Waals surface area contributed by atoms with Crippen LogP contribution in [0.5, 0.6) is 0 Å². The lowest BCUT2D eigenvalue weighted by Crippen LogP contribution is -2.09. The maximum Gasteiger partial charge on any atom is 0.183 e. The lowest BCUT2D eigenvalue weighted by Gasteiger charge is -2.04. The molecule has 4 N–H and O–H groups in total. The van der Waals surface area contributed by atoms with Crippen LogP contribution in [0.25, 0.3) is 11.2 Å². The van der Waals surface area contributed by atoms with Crippen molar-refractivity contribution < 1.29 is 5.11 Å². The van der Waals surface area contributed by atoms with Crippen molar-refractivity contribution >= 4 is 17.0 Å². The van der Waals surface area contributed by atoms with Crippen LogP contribution in [0.3, 0.4) is 0 Å². The average molecular weight is 237 g/mol. The molecule has 0 spiro atoms. The number of anilines is 1. The monoisotopic (exact) mass is 237 g/mol. The van der Waals surface area contributed by atoms with E-state index in [0.717, 1.165) is 6.42 Å². The van der Waals surface area contributed by atoms with E-state index in [-0.39, 0.29) is 6.10 Å². The third-order valence-corrected chi connectivity index (χ3v) is 2.43. The molecule has 8 heteroatoms. The van der Waals surface area contributed by atoms with E-state index in [1.165, 1.54) is 6.33 Å². The molecule has 0 saturated heterocycles. The number of fused-ring (bicyclic) bond motifs is 1. The van der Waals surface area contributed by atoms with Crippen molar-refractivity contribution in [2.24, 2.45) is 5.84 Å². The van der Waals surface area contributed by atoms with Gasteiger partial charge in [-0.2, -0.15) is 0 Å². The summed E-state index contributed by atoms with van der Waals surface area (Å²) >= 11 is 0. The van der Waals surface area contributed by atoms with Gasteiger partial charge in [0.2, 0.25) is 0 Å². The number of nitrogens with zero attached hydrogens (tertiary/aromatic N) is 5. The Hall–Kier alpha value is -1.80. The number of rotatable bonds is 5. The Labute approximate surface area is 97.8 Å². The standard InChI is InChI=1S/C9H15N7O/c1-6(17)3-2-4-16-9-7(14-15-16)8(13-10)11-5-12-9/h5-6,17H,2-4,10H2,1H3,(H,11,12,13). The summed E-state index contributed by atoms with van der Waals surface area (Å²) in [5.74, 6) is 5.77. The summed E-state index contributed by atoms with van der Waals surface area (Å²) in [5.41, 5.74) is 3.64. The Morgan fingerprint density at radius 1 is 1.53 bits per heavy atom. The maximum atomic E-state index is 9.18. The molecule has 17 heavy (non-hydrogen) atoms. The highest BCUT2D eigenvalue weighted by atomic mass is 16.3. The molecule has 92 valence electrons. The molecule has 1 unspecified atom stereocenters. The maximum absolute atomic E-state index is 9.18. The number of nitrogens with two attached hydrogens (primary N) is 1. The third-order valence-electron chi connectivity index (χ3n) is 2.43. The van der Waals surface area contributed by atoms with Gasteiger partial charge in [-0.1, -0.05) is 5.21 Å². The molecule has 2 aromatic heterocycles. The van der Waals surface area contributed by atoms with Crippen LogP contribution in [0.1, 0.15) is 19.8 Å². The molecule has 2 rings (SSSR count). The van der Waals surface area contributed by atoms with Crippen molar-refractivity contribution in [3.8, 4) is 0 Å². The SMILES string of the molecule is CC(O)CCCn1nnc2c(NN)ncnc21. The van der Waals surface area contributed by atoms with Crippen LogP contribution in [0.2, 0.25) is 0 Å². The van der Waals surface area contributed by atoms with Crippen LogP contribution >= 0.6 is 0 Å². The minimum atomic E-state index is -0.305. The predicted octanol–water partition coefficient (Wildman–Crippen LogP) is -0.332. The second-order valence-electron chi connectivity index (χ2n) is 3.84. The van der Waals surface area contributed by atoms with Gasteiger partial charge < -0.3 is 10.5 Å².